The number of carboxylic acid groups (broad SMARTS) is 1. The fourth-order valence-electron chi connectivity index (χ4n) is 5.30. The average molecular weight is 628 g/mol. The van der Waals surface area contributed by atoms with Gasteiger partial charge in [-0.1, -0.05) is 41.4 Å². The number of halogens is 2. The summed E-state index contributed by atoms with van der Waals surface area (Å²) in [4.78, 5) is 23.2. The van der Waals surface area contributed by atoms with Gasteiger partial charge in [-0.3, -0.25) is 9.59 Å². The highest BCUT2D eigenvalue weighted by atomic mass is 35.5. The molecule has 11 heteroatoms. The lowest BCUT2D eigenvalue weighted by Gasteiger charge is -2.25. The number of hydrogen-bond donors (Lipinski definition) is 2. The van der Waals surface area contributed by atoms with Crippen LogP contribution in [0.3, 0.4) is 0 Å². The van der Waals surface area contributed by atoms with E-state index in [9.17, 15) is 18.0 Å². The number of carbonyl (C=O) groups excluding carboxylic acids is 1. The Kier molecular flexibility index (Phi) is 8.75. The summed E-state index contributed by atoms with van der Waals surface area (Å²) >= 11 is 12.6. The summed E-state index contributed by atoms with van der Waals surface area (Å²) in [6.07, 6.45) is 0.303. The zero-order valence-electron chi connectivity index (χ0n) is 22.6. The number of carbonyl (C=O) groups is 2. The van der Waals surface area contributed by atoms with E-state index in [0.29, 0.717) is 16.5 Å². The van der Waals surface area contributed by atoms with Gasteiger partial charge in [0, 0.05) is 28.7 Å². The minimum absolute atomic E-state index is 0.0306. The van der Waals surface area contributed by atoms with Crippen LogP contribution in [0.5, 0.6) is 5.75 Å². The normalized spacial score (nSPS) is 17.3. The van der Waals surface area contributed by atoms with Gasteiger partial charge in [-0.25, -0.2) is 8.42 Å². The molecule has 42 heavy (non-hydrogen) atoms. The number of fused-ring (bicyclic) bond motifs is 1. The van der Waals surface area contributed by atoms with Crippen molar-refractivity contribution in [2.24, 2.45) is 0 Å². The third kappa shape index (κ3) is 6.39. The van der Waals surface area contributed by atoms with Gasteiger partial charge < -0.3 is 15.2 Å². The van der Waals surface area contributed by atoms with E-state index in [-0.39, 0.29) is 35.9 Å². The van der Waals surface area contributed by atoms with Crippen molar-refractivity contribution in [1.82, 2.24) is 9.62 Å². The highest BCUT2D eigenvalue weighted by molar-refractivity contribution is 7.89. The van der Waals surface area contributed by atoms with Gasteiger partial charge in [-0.15, -0.1) is 0 Å². The molecule has 0 spiro atoms. The molecule has 1 fully saturated rings. The maximum atomic E-state index is 14.1. The molecule has 2 unspecified atom stereocenters. The van der Waals surface area contributed by atoms with E-state index >= 15 is 0 Å². The second-order valence-corrected chi connectivity index (χ2v) is 12.9. The number of sulfonamides is 1. The zero-order valence-corrected chi connectivity index (χ0v) is 24.9. The highest BCUT2D eigenvalue weighted by Crippen LogP contribution is 2.45. The lowest BCUT2D eigenvalue weighted by atomic mass is 9.93. The molecule has 1 saturated heterocycles. The number of rotatable bonds is 9. The number of nitrogens with zero attached hydrogens (tertiary/aromatic N) is 1. The van der Waals surface area contributed by atoms with Crippen molar-refractivity contribution in [2.75, 3.05) is 20.2 Å². The first-order valence-electron chi connectivity index (χ1n) is 13.2. The molecule has 0 aromatic heterocycles. The Morgan fingerprint density at radius 3 is 2.26 bits per heavy atom. The summed E-state index contributed by atoms with van der Waals surface area (Å²) in [5, 5.41) is 14.2. The number of hydrogen-bond acceptors (Lipinski definition) is 5. The van der Waals surface area contributed by atoms with Crippen LogP contribution < -0.4 is 10.1 Å². The van der Waals surface area contributed by atoms with Crippen LogP contribution >= 0.6 is 23.2 Å². The van der Waals surface area contributed by atoms with E-state index in [1.54, 1.807) is 13.2 Å². The molecule has 2 atom stereocenters. The molecule has 0 radical (unpaired) electrons. The van der Waals surface area contributed by atoms with E-state index in [1.165, 1.54) is 28.6 Å². The average Bonchev–Trinajstić information content (AvgIpc) is 3.43. The second kappa shape index (κ2) is 12.3. The predicted octanol–water partition coefficient (Wildman–Crippen LogP) is 6.28. The van der Waals surface area contributed by atoms with Crippen molar-refractivity contribution in [2.45, 2.75) is 29.7 Å². The van der Waals surface area contributed by atoms with Crippen LogP contribution in [0.1, 0.15) is 46.3 Å². The van der Waals surface area contributed by atoms with Gasteiger partial charge in [0.1, 0.15) is 5.75 Å². The molecule has 1 aliphatic heterocycles. The molecular weight excluding hydrogens is 599 g/mol. The van der Waals surface area contributed by atoms with Gasteiger partial charge in [0.15, 0.2) is 0 Å². The maximum absolute atomic E-state index is 14.1. The van der Waals surface area contributed by atoms with E-state index in [0.717, 1.165) is 27.6 Å². The summed E-state index contributed by atoms with van der Waals surface area (Å²) in [7, 11) is -2.39. The fraction of sp³-hybridized carbons (Fsp3) is 0.226. The summed E-state index contributed by atoms with van der Waals surface area (Å²) in [6.45, 7) is 0.179. The van der Waals surface area contributed by atoms with E-state index in [1.807, 2.05) is 48.5 Å². The maximum Gasteiger partial charge on any atom is 0.305 e. The topological polar surface area (TPSA) is 113 Å². The Labute approximate surface area is 253 Å². The molecule has 4 aromatic carbocycles. The molecule has 0 saturated carbocycles. The number of nitrogens with one attached hydrogen (secondary N) is 1. The lowest BCUT2D eigenvalue weighted by Crippen LogP contribution is -2.31. The molecule has 218 valence electrons. The summed E-state index contributed by atoms with van der Waals surface area (Å²) in [6, 6.07) is 22.1. The summed E-state index contributed by atoms with van der Waals surface area (Å²) in [5.41, 5.74) is 1.93. The van der Waals surface area contributed by atoms with Crippen LogP contribution in [-0.2, 0) is 14.8 Å². The van der Waals surface area contributed by atoms with Crippen molar-refractivity contribution in [3.8, 4) is 5.75 Å². The fourth-order valence-corrected chi connectivity index (χ4v) is 7.51. The summed E-state index contributed by atoms with van der Waals surface area (Å²) < 4.78 is 35.0. The van der Waals surface area contributed by atoms with Gasteiger partial charge in [-0.2, -0.15) is 4.31 Å². The molecular formula is C31H28Cl2N2O6S. The molecule has 5 rings (SSSR count). The monoisotopic (exact) mass is 626 g/mol. The van der Waals surface area contributed by atoms with E-state index in [4.69, 9.17) is 33.0 Å². The van der Waals surface area contributed by atoms with Crippen LogP contribution in [0.25, 0.3) is 10.8 Å². The van der Waals surface area contributed by atoms with Crippen molar-refractivity contribution < 1.29 is 27.9 Å². The third-order valence-corrected chi connectivity index (χ3v) is 9.74. The zero-order chi connectivity index (χ0) is 30.0. The van der Waals surface area contributed by atoms with E-state index in [2.05, 4.69) is 5.32 Å². The Morgan fingerprint density at radius 2 is 1.60 bits per heavy atom. The molecule has 1 amide bonds. The molecule has 0 bridgehead atoms. The SMILES string of the molecule is COc1ccc2cc(C3CC(c4cc(Cl)cc(Cl)c4)CN3S(=O)(=O)c3ccc(C(=O)NCCC(=O)O)cc3)ccc2c1. The number of ether oxygens (including phenoxy) is 1. The largest absolute Gasteiger partial charge is 0.497 e. The van der Waals surface area contributed by atoms with Crippen molar-refractivity contribution >= 4 is 55.9 Å². The van der Waals surface area contributed by atoms with Gasteiger partial charge in [-0.05, 0) is 94.9 Å². The minimum Gasteiger partial charge on any atom is -0.497 e. The number of carboxylic acids is 1. The first-order valence-corrected chi connectivity index (χ1v) is 15.4. The smallest absolute Gasteiger partial charge is 0.305 e. The van der Waals surface area contributed by atoms with Gasteiger partial charge in [0.2, 0.25) is 10.0 Å². The molecule has 2 N–H and O–H groups in total. The molecule has 4 aromatic rings. The van der Waals surface area contributed by atoms with Crippen molar-refractivity contribution in [3.05, 3.63) is 106 Å². The Balaban J connectivity index is 1.48. The Morgan fingerprint density at radius 1 is 0.929 bits per heavy atom. The van der Waals surface area contributed by atoms with E-state index < -0.39 is 27.9 Å². The number of benzene rings is 4. The first kappa shape index (κ1) is 29.8. The van der Waals surface area contributed by atoms with Gasteiger partial charge in [0.25, 0.3) is 5.91 Å². The predicted molar refractivity (Wildman–Crippen MR) is 162 cm³/mol. The molecule has 1 heterocycles. The third-order valence-electron chi connectivity index (χ3n) is 7.42. The Hall–Kier alpha value is -3.63. The van der Waals surface area contributed by atoms with Crippen molar-refractivity contribution in [3.63, 3.8) is 0 Å². The minimum atomic E-state index is -3.99. The Bertz CT molecular complexity index is 1740. The van der Waals surface area contributed by atoms with Crippen molar-refractivity contribution in [1.29, 1.82) is 0 Å². The second-order valence-electron chi connectivity index (χ2n) is 10.1. The lowest BCUT2D eigenvalue weighted by molar-refractivity contribution is -0.136. The van der Waals surface area contributed by atoms with Crippen LogP contribution in [-0.4, -0.2) is 49.9 Å². The number of amides is 1. The van der Waals surface area contributed by atoms with Gasteiger partial charge >= 0.3 is 5.97 Å². The standard InChI is InChI=1S/C31H28Cl2N2O6S/c1-41-27-7-4-20-12-22(3-2-21(20)15-27)29-16-24(23-13-25(32)17-26(33)14-23)18-35(29)42(39,40)28-8-5-19(6-9-28)31(38)34-11-10-30(36)37/h2-9,12-15,17,24,29H,10-11,16,18H2,1H3,(H,34,38)(H,36,37). The first-order chi connectivity index (χ1) is 20.0. The number of aliphatic carboxylic acids is 1. The number of methoxy groups -OCH3 is 1. The quantitative estimate of drug-likeness (QED) is 0.226. The molecule has 1 aliphatic rings. The molecule has 8 nitrogen and oxygen atoms in total. The van der Waals surface area contributed by atoms with Gasteiger partial charge in [0.05, 0.1) is 24.5 Å². The highest BCUT2D eigenvalue weighted by Gasteiger charge is 2.41. The van der Waals surface area contributed by atoms with Crippen LogP contribution in [0, 0.1) is 0 Å². The van der Waals surface area contributed by atoms with Crippen LogP contribution in [0.2, 0.25) is 10.0 Å². The summed E-state index contributed by atoms with van der Waals surface area (Å²) in [5.74, 6) is -0.935. The van der Waals surface area contributed by atoms with Crippen LogP contribution in [0.4, 0.5) is 0 Å². The van der Waals surface area contributed by atoms with Crippen LogP contribution in [0.15, 0.2) is 83.8 Å². The molecule has 0 aliphatic carbocycles.